The van der Waals surface area contributed by atoms with Crippen LogP contribution in [0.4, 0.5) is 13.2 Å². The van der Waals surface area contributed by atoms with E-state index in [4.69, 9.17) is 4.84 Å². The lowest BCUT2D eigenvalue weighted by molar-refractivity contribution is -0.271. The topological polar surface area (TPSA) is 63.8 Å². The van der Waals surface area contributed by atoms with Crippen LogP contribution in [0, 0.1) is 0 Å². The van der Waals surface area contributed by atoms with Crippen LogP contribution in [0.25, 0.3) is 10.9 Å². The second-order valence-corrected chi connectivity index (χ2v) is 10.4. The Morgan fingerprint density at radius 3 is 2.36 bits per heavy atom. The predicted molar refractivity (Wildman–Crippen MR) is 147 cm³/mol. The largest absolute Gasteiger partial charge is 0.418 e. The number of aromatic nitrogens is 1. The molecule has 0 radical (unpaired) electrons. The fraction of sp³-hybridized carbons (Fsp3) is 0.290. The molecule has 1 aromatic heterocycles. The van der Waals surface area contributed by atoms with Crippen LogP contribution in [-0.4, -0.2) is 27.2 Å². The van der Waals surface area contributed by atoms with E-state index in [9.17, 15) is 23.1 Å². The van der Waals surface area contributed by atoms with Gasteiger partial charge in [-0.3, -0.25) is 4.79 Å². The maximum absolute atomic E-state index is 14.4. The fourth-order valence-electron chi connectivity index (χ4n) is 4.75. The number of rotatable bonds is 9. The minimum atomic E-state index is -4.92. The number of fused-ring (bicyclic) bond motifs is 1. The molecule has 0 saturated carbocycles. The van der Waals surface area contributed by atoms with E-state index in [0.29, 0.717) is 34.3 Å². The molecule has 1 heterocycles. The number of oxime groups is 1. The molecule has 1 unspecified atom stereocenters. The van der Waals surface area contributed by atoms with Crippen molar-refractivity contribution in [3.63, 3.8) is 0 Å². The van der Waals surface area contributed by atoms with Crippen molar-refractivity contribution in [2.24, 2.45) is 5.16 Å². The van der Waals surface area contributed by atoms with E-state index in [0.717, 1.165) is 5.56 Å². The lowest BCUT2D eigenvalue weighted by Crippen LogP contribution is -2.52. The molecule has 0 aliphatic heterocycles. The Bertz CT molecular complexity index is 1530. The van der Waals surface area contributed by atoms with Gasteiger partial charge in [-0.15, -0.1) is 0 Å². The van der Waals surface area contributed by atoms with Gasteiger partial charge in [0.25, 0.3) is 0 Å². The van der Waals surface area contributed by atoms with Crippen LogP contribution in [0.1, 0.15) is 43.9 Å². The molecule has 204 valence electrons. The van der Waals surface area contributed by atoms with Crippen LogP contribution in [0.5, 0.6) is 0 Å². The van der Waals surface area contributed by atoms with Crippen molar-refractivity contribution < 1.29 is 23.1 Å². The Morgan fingerprint density at radius 1 is 0.949 bits per heavy atom. The minimum Gasteiger partial charge on any atom is -0.391 e. The molecule has 3 aromatic carbocycles. The first-order valence-corrected chi connectivity index (χ1v) is 12.6. The van der Waals surface area contributed by atoms with Gasteiger partial charge in [0.15, 0.2) is 11.0 Å². The number of para-hydroxylation sites is 1. The standard InChI is InChI=1S/C31H31F3N2O3/c1-22(35-39-19-23-10-5-4-6-11-23)24-12-9-13-25(18-24)29(2,3)20-30(38,31(32,33)34)21-36-17-16-28(37)26-14-7-8-15-27(26)36/h4-18,38H,19-21H2,1-3H3. The second kappa shape index (κ2) is 11.1. The fourth-order valence-corrected chi connectivity index (χ4v) is 4.75. The molecular formula is C31H31F3N2O3. The summed E-state index contributed by atoms with van der Waals surface area (Å²) >= 11 is 0. The Hall–Kier alpha value is -3.91. The number of halogens is 3. The predicted octanol–water partition coefficient (Wildman–Crippen LogP) is 6.60. The van der Waals surface area contributed by atoms with E-state index in [1.54, 1.807) is 63.2 Å². The lowest BCUT2D eigenvalue weighted by atomic mass is 9.74. The molecule has 0 aliphatic carbocycles. The highest BCUT2D eigenvalue weighted by atomic mass is 19.4. The minimum absolute atomic E-state index is 0.292. The summed E-state index contributed by atoms with van der Waals surface area (Å²) in [6, 6.07) is 24.3. The molecule has 0 aliphatic rings. The molecule has 5 nitrogen and oxygen atoms in total. The summed E-state index contributed by atoms with van der Waals surface area (Å²) in [5, 5.41) is 15.6. The van der Waals surface area contributed by atoms with Crippen LogP contribution < -0.4 is 5.43 Å². The van der Waals surface area contributed by atoms with Gasteiger partial charge < -0.3 is 14.5 Å². The van der Waals surface area contributed by atoms with Gasteiger partial charge >= 0.3 is 6.18 Å². The smallest absolute Gasteiger partial charge is 0.391 e. The Labute approximate surface area is 225 Å². The molecule has 4 aromatic rings. The third kappa shape index (κ3) is 6.40. The van der Waals surface area contributed by atoms with Crippen LogP contribution in [0.2, 0.25) is 0 Å². The van der Waals surface area contributed by atoms with Crippen LogP contribution >= 0.6 is 0 Å². The SMILES string of the molecule is CC(=NOCc1ccccc1)c1cccc(C(C)(C)CC(O)(Cn2ccc(=O)c3ccccc32)C(F)(F)F)c1. The first-order valence-electron chi connectivity index (χ1n) is 12.6. The number of benzene rings is 3. The zero-order valence-corrected chi connectivity index (χ0v) is 22.1. The molecule has 8 heteroatoms. The number of pyridine rings is 1. The average molecular weight is 537 g/mol. The summed E-state index contributed by atoms with van der Waals surface area (Å²) in [6.07, 6.45) is -4.23. The summed E-state index contributed by atoms with van der Waals surface area (Å²) < 4.78 is 44.6. The van der Waals surface area contributed by atoms with E-state index < -0.39 is 30.2 Å². The second-order valence-electron chi connectivity index (χ2n) is 10.4. The van der Waals surface area contributed by atoms with Gasteiger partial charge in [0.2, 0.25) is 0 Å². The Kier molecular flexibility index (Phi) is 7.97. The van der Waals surface area contributed by atoms with Crippen LogP contribution in [-0.2, 0) is 23.4 Å². The van der Waals surface area contributed by atoms with Gasteiger partial charge in [-0.05, 0) is 53.6 Å². The number of nitrogens with zero attached hydrogens (tertiary/aromatic N) is 2. The van der Waals surface area contributed by atoms with Crippen molar-refractivity contribution in [2.75, 3.05) is 0 Å². The quantitative estimate of drug-likeness (QED) is 0.194. The highest BCUT2D eigenvalue weighted by Crippen LogP contribution is 2.42. The van der Waals surface area contributed by atoms with Gasteiger partial charge in [-0.1, -0.05) is 79.7 Å². The average Bonchev–Trinajstić information content (AvgIpc) is 2.90. The number of aliphatic hydroxyl groups is 1. The zero-order chi connectivity index (χ0) is 28.3. The van der Waals surface area contributed by atoms with Crippen LogP contribution in [0.15, 0.2) is 101 Å². The summed E-state index contributed by atoms with van der Waals surface area (Å²) in [5.41, 5.74) is -1.23. The third-order valence-electron chi connectivity index (χ3n) is 6.92. The maximum Gasteiger partial charge on any atom is 0.418 e. The normalized spacial score (nSPS) is 14.3. The van der Waals surface area contributed by atoms with Gasteiger partial charge in [-0.25, -0.2) is 0 Å². The van der Waals surface area contributed by atoms with E-state index >= 15 is 0 Å². The summed E-state index contributed by atoms with van der Waals surface area (Å²) in [6.45, 7) is 4.65. The third-order valence-corrected chi connectivity index (χ3v) is 6.92. The number of hydrogen-bond acceptors (Lipinski definition) is 4. The van der Waals surface area contributed by atoms with Crippen molar-refractivity contribution >= 4 is 16.6 Å². The maximum atomic E-state index is 14.4. The van der Waals surface area contributed by atoms with E-state index in [1.165, 1.54) is 16.8 Å². The molecule has 39 heavy (non-hydrogen) atoms. The number of hydrogen-bond donors (Lipinski definition) is 1. The Morgan fingerprint density at radius 2 is 1.64 bits per heavy atom. The molecule has 1 N–H and O–H groups in total. The molecule has 0 saturated heterocycles. The van der Waals surface area contributed by atoms with E-state index in [1.807, 2.05) is 36.4 Å². The molecule has 0 bridgehead atoms. The first-order chi connectivity index (χ1) is 18.4. The molecule has 0 spiro atoms. The summed E-state index contributed by atoms with van der Waals surface area (Å²) in [7, 11) is 0. The lowest BCUT2D eigenvalue weighted by Gasteiger charge is -2.38. The summed E-state index contributed by atoms with van der Waals surface area (Å²) in [5.74, 6) is 0. The monoisotopic (exact) mass is 536 g/mol. The molecule has 1 atom stereocenters. The van der Waals surface area contributed by atoms with E-state index in [2.05, 4.69) is 5.16 Å². The molecule has 0 fully saturated rings. The van der Waals surface area contributed by atoms with Gasteiger partial charge in [0, 0.05) is 17.6 Å². The van der Waals surface area contributed by atoms with E-state index in [-0.39, 0.29) is 5.43 Å². The van der Waals surface area contributed by atoms with Crippen molar-refractivity contribution in [1.29, 1.82) is 0 Å². The van der Waals surface area contributed by atoms with Gasteiger partial charge in [-0.2, -0.15) is 13.2 Å². The highest BCUT2D eigenvalue weighted by Gasteiger charge is 2.56. The number of alkyl halides is 3. The van der Waals surface area contributed by atoms with Gasteiger partial charge in [0.1, 0.15) is 6.61 Å². The van der Waals surface area contributed by atoms with Gasteiger partial charge in [0.05, 0.1) is 17.8 Å². The van der Waals surface area contributed by atoms with Crippen molar-refractivity contribution in [3.05, 3.63) is 118 Å². The van der Waals surface area contributed by atoms with Crippen LogP contribution in [0.3, 0.4) is 0 Å². The Balaban J connectivity index is 1.59. The summed E-state index contributed by atoms with van der Waals surface area (Å²) in [4.78, 5) is 17.7. The zero-order valence-electron chi connectivity index (χ0n) is 22.1. The van der Waals surface area contributed by atoms with Crippen molar-refractivity contribution in [3.8, 4) is 0 Å². The van der Waals surface area contributed by atoms with Crippen molar-refractivity contribution in [1.82, 2.24) is 4.57 Å². The molecule has 4 rings (SSSR count). The molecule has 0 amide bonds. The highest BCUT2D eigenvalue weighted by molar-refractivity contribution is 5.98. The molecular weight excluding hydrogens is 505 g/mol. The van der Waals surface area contributed by atoms with Crippen molar-refractivity contribution in [2.45, 2.75) is 57.5 Å². The first kappa shape index (κ1) is 28.1.